The highest BCUT2D eigenvalue weighted by Gasteiger charge is 2.54. The van der Waals surface area contributed by atoms with Crippen molar-refractivity contribution in [2.45, 2.75) is 83.2 Å². The highest BCUT2D eigenvalue weighted by molar-refractivity contribution is 5.26. The topological polar surface area (TPSA) is 53.0 Å². The van der Waals surface area contributed by atoms with E-state index in [-0.39, 0.29) is 29.5 Å². The molecule has 3 rings (SSSR count). The van der Waals surface area contributed by atoms with Crippen molar-refractivity contribution in [1.29, 1.82) is 0 Å². The van der Waals surface area contributed by atoms with Gasteiger partial charge in [0, 0.05) is 12.3 Å². The number of allylic oxidation sites excluding steroid dienone is 2. The molecule has 0 aromatic rings. The quantitative estimate of drug-likeness (QED) is 0.573. The van der Waals surface area contributed by atoms with Gasteiger partial charge in [-0.05, 0) is 56.9 Å². The summed E-state index contributed by atoms with van der Waals surface area (Å²) in [6.07, 6.45) is 6.13. The van der Waals surface area contributed by atoms with E-state index in [2.05, 4.69) is 33.4 Å². The lowest BCUT2D eigenvalue weighted by Crippen LogP contribution is -2.37. The Kier molecular flexibility index (Phi) is 4.27. The molecule has 3 heteroatoms. The highest BCUT2D eigenvalue weighted by Crippen LogP contribution is 2.50. The molecule has 0 aromatic heterocycles. The molecular formula is C20H32O3. The molecule has 0 radical (unpaired) electrons. The molecule has 0 spiro atoms. The second-order valence-electron chi connectivity index (χ2n) is 8.69. The first-order valence-electron chi connectivity index (χ1n) is 9.11. The zero-order chi connectivity index (χ0) is 17.0. The molecule has 3 nitrogen and oxygen atoms in total. The first kappa shape index (κ1) is 17.2. The van der Waals surface area contributed by atoms with Crippen molar-refractivity contribution < 1.29 is 14.9 Å². The predicted molar refractivity (Wildman–Crippen MR) is 92.0 cm³/mol. The van der Waals surface area contributed by atoms with Gasteiger partial charge in [-0.25, -0.2) is 0 Å². The standard InChI is InChI=1S/C20H32O3/c1-12(2)14-10-15-13(3)6-7-16(15)19(4,22)9-8-18-20(5,23-18)11-17(14)21/h10,12,15-18,21-22H,3,6-9,11H2,1-2,4-5H3/b14-10-/t15-,16-,17?,18?,19?,20?/m0/s1. The van der Waals surface area contributed by atoms with Crippen LogP contribution in [0.1, 0.15) is 59.8 Å². The van der Waals surface area contributed by atoms with Crippen LogP contribution in [0, 0.1) is 17.8 Å². The highest BCUT2D eigenvalue weighted by atomic mass is 16.6. The summed E-state index contributed by atoms with van der Waals surface area (Å²) in [4.78, 5) is 0. The molecule has 0 bridgehead atoms. The fraction of sp³-hybridized carbons (Fsp3) is 0.800. The van der Waals surface area contributed by atoms with E-state index >= 15 is 0 Å². The maximum atomic E-state index is 11.1. The van der Waals surface area contributed by atoms with E-state index < -0.39 is 11.7 Å². The molecule has 1 saturated carbocycles. The number of ether oxygens (including phenoxy) is 1. The molecule has 2 aliphatic carbocycles. The molecule has 2 N–H and O–H groups in total. The number of hydrogen-bond donors (Lipinski definition) is 2. The van der Waals surface area contributed by atoms with Crippen molar-refractivity contribution >= 4 is 0 Å². The van der Waals surface area contributed by atoms with E-state index in [1.807, 2.05) is 6.92 Å². The van der Waals surface area contributed by atoms with Crippen LogP contribution in [0.25, 0.3) is 0 Å². The summed E-state index contributed by atoms with van der Waals surface area (Å²) in [5.41, 5.74) is 1.34. The molecule has 1 heterocycles. The number of hydrogen-bond acceptors (Lipinski definition) is 3. The predicted octanol–water partition coefficient (Wildman–Crippen LogP) is 3.60. The minimum Gasteiger partial charge on any atom is -0.390 e. The van der Waals surface area contributed by atoms with Crippen molar-refractivity contribution in [3.05, 3.63) is 23.8 Å². The van der Waals surface area contributed by atoms with Crippen molar-refractivity contribution in [3.63, 3.8) is 0 Å². The largest absolute Gasteiger partial charge is 0.390 e. The fourth-order valence-corrected chi connectivity index (χ4v) is 4.74. The van der Waals surface area contributed by atoms with E-state index in [0.29, 0.717) is 6.42 Å². The van der Waals surface area contributed by atoms with Crippen LogP contribution in [0.15, 0.2) is 23.8 Å². The summed E-state index contributed by atoms with van der Waals surface area (Å²) >= 11 is 0. The maximum absolute atomic E-state index is 11.1. The number of fused-ring (bicyclic) bond motifs is 2. The van der Waals surface area contributed by atoms with E-state index in [4.69, 9.17) is 4.74 Å². The number of epoxide rings is 1. The van der Waals surface area contributed by atoms with Gasteiger partial charge in [0.05, 0.1) is 23.4 Å². The van der Waals surface area contributed by atoms with Gasteiger partial charge in [0.2, 0.25) is 0 Å². The van der Waals surface area contributed by atoms with Crippen LogP contribution in [-0.2, 0) is 4.74 Å². The third kappa shape index (κ3) is 3.16. The monoisotopic (exact) mass is 320 g/mol. The number of rotatable bonds is 1. The van der Waals surface area contributed by atoms with Crippen molar-refractivity contribution in [2.75, 3.05) is 0 Å². The van der Waals surface area contributed by atoms with Crippen molar-refractivity contribution in [1.82, 2.24) is 0 Å². The Hall–Kier alpha value is -0.640. The Morgan fingerprint density at radius 1 is 1.30 bits per heavy atom. The summed E-state index contributed by atoms with van der Waals surface area (Å²) in [6, 6.07) is 0. The Bertz CT molecular complexity index is 519. The lowest BCUT2D eigenvalue weighted by Gasteiger charge is -2.34. The Morgan fingerprint density at radius 2 is 2.00 bits per heavy atom. The van der Waals surface area contributed by atoms with Gasteiger partial charge in [0.15, 0.2) is 0 Å². The second kappa shape index (κ2) is 5.72. The van der Waals surface area contributed by atoms with Gasteiger partial charge in [-0.1, -0.05) is 32.1 Å². The SMILES string of the molecule is C=C1CC[C@H]2[C@H]1/C=C(/C(C)C)C(O)CC1(C)OC1CCC2(C)O. The van der Waals surface area contributed by atoms with Gasteiger partial charge in [-0.2, -0.15) is 0 Å². The lowest BCUT2D eigenvalue weighted by molar-refractivity contribution is -0.0185. The van der Waals surface area contributed by atoms with Crippen LogP contribution in [-0.4, -0.2) is 33.6 Å². The molecule has 3 aliphatic rings. The van der Waals surface area contributed by atoms with Gasteiger partial charge >= 0.3 is 0 Å². The fourth-order valence-electron chi connectivity index (χ4n) is 4.74. The average molecular weight is 320 g/mol. The normalized spacial score (nSPS) is 49.9. The molecular weight excluding hydrogens is 288 g/mol. The van der Waals surface area contributed by atoms with E-state index in [1.165, 1.54) is 5.57 Å². The summed E-state index contributed by atoms with van der Waals surface area (Å²) in [6.45, 7) is 12.6. The molecule has 2 fully saturated rings. The molecule has 1 saturated heterocycles. The first-order chi connectivity index (χ1) is 10.6. The van der Waals surface area contributed by atoms with Gasteiger partial charge in [-0.3, -0.25) is 0 Å². The summed E-state index contributed by atoms with van der Waals surface area (Å²) < 4.78 is 5.89. The zero-order valence-electron chi connectivity index (χ0n) is 15.0. The minimum atomic E-state index is -0.704. The van der Waals surface area contributed by atoms with Gasteiger partial charge in [-0.15, -0.1) is 0 Å². The van der Waals surface area contributed by atoms with E-state index in [0.717, 1.165) is 31.3 Å². The number of aliphatic hydroxyl groups excluding tert-OH is 1. The molecule has 0 amide bonds. The van der Waals surface area contributed by atoms with Crippen LogP contribution >= 0.6 is 0 Å². The van der Waals surface area contributed by atoms with Crippen LogP contribution in [0.5, 0.6) is 0 Å². The summed E-state index contributed by atoms with van der Waals surface area (Å²) in [5, 5.41) is 21.9. The van der Waals surface area contributed by atoms with Crippen LogP contribution in [0.4, 0.5) is 0 Å². The third-order valence-corrected chi connectivity index (χ3v) is 6.45. The molecule has 1 aliphatic heterocycles. The third-order valence-electron chi connectivity index (χ3n) is 6.45. The smallest absolute Gasteiger partial charge is 0.0948 e. The molecule has 6 atom stereocenters. The van der Waals surface area contributed by atoms with Crippen molar-refractivity contribution in [3.8, 4) is 0 Å². The molecule has 0 aromatic carbocycles. The Morgan fingerprint density at radius 3 is 2.65 bits per heavy atom. The molecule has 130 valence electrons. The van der Waals surface area contributed by atoms with Crippen LogP contribution in [0.3, 0.4) is 0 Å². The Labute approximate surface area is 140 Å². The zero-order valence-corrected chi connectivity index (χ0v) is 15.0. The maximum Gasteiger partial charge on any atom is 0.0948 e. The van der Waals surface area contributed by atoms with Crippen LogP contribution in [0.2, 0.25) is 0 Å². The minimum absolute atomic E-state index is 0.165. The number of aliphatic hydroxyl groups is 2. The Balaban J connectivity index is 1.99. The molecule has 23 heavy (non-hydrogen) atoms. The molecule has 4 unspecified atom stereocenters. The average Bonchev–Trinajstić information content (AvgIpc) is 2.91. The summed E-state index contributed by atoms with van der Waals surface area (Å²) in [5.74, 6) is 0.657. The van der Waals surface area contributed by atoms with Crippen molar-refractivity contribution in [2.24, 2.45) is 17.8 Å². The van der Waals surface area contributed by atoms with Gasteiger partial charge < -0.3 is 14.9 Å². The van der Waals surface area contributed by atoms with E-state index in [1.54, 1.807) is 0 Å². The van der Waals surface area contributed by atoms with E-state index in [9.17, 15) is 10.2 Å². The van der Waals surface area contributed by atoms with Gasteiger partial charge in [0.25, 0.3) is 0 Å². The first-order valence-corrected chi connectivity index (χ1v) is 9.11. The van der Waals surface area contributed by atoms with Crippen LogP contribution < -0.4 is 0 Å². The summed E-state index contributed by atoms with van der Waals surface area (Å²) in [7, 11) is 0. The van der Waals surface area contributed by atoms with Gasteiger partial charge in [0.1, 0.15) is 0 Å². The second-order valence-corrected chi connectivity index (χ2v) is 8.69. The lowest BCUT2D eigenvalue weighted by atomic mass is 9.76.